The quantitative estimate of drug-likeness (QED) is 0.440. The number of hydrogen-bond donors (Lipinski definition) is 2. The van der Waals surface area contributed by atoms with E-state index in [-0.39, 0.29) is 5.56 Å². The second-order valence-corrected chi connectivity index (χ2v) is 8.47. The number of aromatic amines is 1. The molecule has 0 fully saturated rings. The maximum Gasteiger partial charge on any atom is 0.280 e. The van der Waals surface area contributed by atoms with Gasteiger partial charge in [0.2, 0.25) is 17.3 Å². The molecule has 0 bridgehead atoms. The summed E-state index contributed by atoms with van der Waals surface area (Å²) < 4.78 is 7.81. The first-order valence-electron chi connectivity index (χ1n) is 10.4. The Morgan fingerprint density at radius 3 is 2.69 bits per heavy atom. The van der Waals surface area contributed by atoms with Gasteiger partial charge in [0.1, 0.15) is 5.56 Å². The van der Waals surface area contributed by atoms with E-state index in [1.165, 1.54) is 16.4 Å². The normalized spacial score (nSPS) is 14.6. The van der Waals surface area contributed by atoms with E-state index >= 15 is 0 Å². The van der Waals surface area contributed by atoms with E-state index in [0.29, 0.717) is 28.0 Å². The molecule has 1 atom stereocenters. The summed E-state index contributed by atoms with van der Waals surface area (Å²) in [7, 11) is 0. The highest BCUT2D eigenvalue weighted by molar-refractivity contribution is 7.99. The number of hydrogen-bond acceptors (Lipinski definition) is 7. The van der Waals surface area contributed by atoms with Crippen LogP contribution in [-0.2, 0) is 0 Å². The van der Waals surface area contributed by atoms with E-state index in [4.69, 9.17) is 4.74 Å². The van der Waals surface area contributed by atoms with Crippen LogP contribution < -0.4 is 15.6 Å². The fourth-order valence-corrected chi connectivity index (χ4v) is 4.29. The molecule has 1 unspecified atom stereocenters. The van der Waals surface area contributed by atoms with Crippen molar-refractivity contribution in [1.29, 1.82) is 0 Å². The molecule has 2 aromatic carbocycles. The van der Waals surface area contributed by atoms with E-state index in [1.807, 2.05) is 61.5 Å². The number of rotatable bonds is 5. The van der Waals surface area contributed by atoms with E-state index < -0.39 is 6.23 Å². The summed E-state index contributed by atoms with van der Waals surface area (Å²) in [6.07, 6.45) is 0.257. The summed E-state index contributed by atoms with van der Waals surface area (Å²) >= 11 is 1.53. The van der Waals surface area contributed by atoms with Crippen LogP contribution in [0.25, 0.3) is 16.9 Å². The van der Waals surface area contributed by atoms with Crippen molar-refractivity contribution in [1.82, 2.24) is 25.0 Å². The van der Waals surface area contributed by atoms with E-state index in [1.54, 1.807) is 0 Å². The Bertz CT molecular complexity index is 1320. The van der Waals surface area contributed by atoms with E-state index in [2.05, 4.69) is 32.5 Å². The van der Waals surface area contributed by atoms with Gasteiger partial charge in [-0.25, -0.2) is 4.68 Å². The fraction of sp³-hybridized carbons (Fsp3) is 0.217. The standard InChI is InChI=1S/C23H22N6O2S/c1-3-13-32-23-25-21-19(26-27-23)16-11-7-8-12-17(16)24-20(31-21)18-14(2)28-29(22(18)30)15-9-5-4-6-10-15/h4-12,20,24,28H,3,13H2,1-2H3. The lowest BCUT2D eigenvalue weighted by molar-refractivity contribution is 0.223. The molecule has 0 aliphatic carbocycles. The zero-order valence-electron chi connectivity index (χ0n) is 17.7. The predicted octanol–water partition coefficient (Wildman–Crippen LogP) is 4.33. The van der Waals surface area contributed by atoms with Crippen LogP contribution in [0.1, 0.15) is 30.8 Å². The van der Waals surface area contributed by atoms with Crippen molar-refractivity contribution < 1.29 is 4.74 Å². The van der Waals surface area contributed by atoms with Crippen molar-refractivity contribution in [2.75, 3.05) is 11.1 Å². The summed E-state index contributed by atoms with van der Waals surface area (Å²) in [6, 6.07) is 17.2. The van der Waals surface area contributed by atoms with Gasteiger partial charge in [0.05, 0.1) is 5.69 Å². The minimum absolute atomic E-state index is 0.185. The van der Waals surface area contributed by atoms with Gasteiger partial charge in [-0.15, -0.1) is 10.2 Å². The summed E-state index contributed by atoms with van der Waals surface area (Å²) in [5.74, 6) is 1.24. The van der Waals surface area contributed by atoms with Gasteiger partial charge < -0.3 is 10.1 Å². The molecule has 162 valence electrons. The van der Waals surface area contributed by atoms with Crippen LogP contribution in [0.4, 0.5) is 5.69 Å². The number of aromatic nitrogens is 5. The Morgan fingerprint density at radius 1 is 1.09 bits per heavy atom. The molecule has 1 aliphatic heterocycles. The Morgan fingerprint density at radius 2 is 1.88 bits per heavy atom. The maximum absolute atomic E-state index is 13.4. The third-order valence-corrected chi connectivity index (χ3v) is 6.21. The SMILES string of the molecule is CCCSc1nnc2c(n1)OC(c1c(C)[nH]n(-c3ccccc3)c1=O)Nc1ccccc1-2. The van der Waals surface area contributed by atoms with Crippen molar-refractivity contribution in [2.45, 2.75) is 31.7 Å². The Hall–Kier alpha value is -3.59. The molecule has 1 aliphatic rings. The molecule has 0 spiro atoms. The van der Waals surface area contributed by atoms with Crippen LogP contribution in [0.2, 0.25) is 0 Å². The van der Waals surface area contributed by atoms with Crippen LogP contribution in [0.3, 0.4) is 0 Å². The van der Waals surface area contributed by atoms with Crippen molar-refractivity contribution in [2.24, 2.45) is 0 Å². The average Bonchev–Trinajstić information content (AvgIpc) is 3.02. The first kappa shape index (κ1) is 20.3. The Balaban J connectivity index is 1.62. The maximum atomic E-state index is 13.4. The summed E-state index contributed by atoms with van der Waals surface area (Å²) in [5, 5.41) is 15.8. The van der Waals surface area contributed by atoms with Gasteiger partial charge in [-0.05, 0) is 31.5 Å². The molecule has 3 heterocycles. The minimum Gasteiger partial charge on any atom is -0.447 e. The summed E-state index contributed by atoms with van der Waals surface area (Å²) in [4.78, 5) is 18.0. The summed E-state index contributed by atoms with van der Waals surface area (Å²) in [5.41, 5.74) is 3.94. The van der Waals surface area contributed by atoms with Crippen molar-refractivity contribution >= 4 is 17.4 Å². The van der Waals surface area contributed by atoms with Crippen molar-refractivity contribution in [3.05, 3.63) is 76.2 Å². The molecule has 2 aromatic heterocycles. The number of aryl methyl sites for hydroxylation is 1. The van der Waals surface area contributed by atoms with Gasteiger partial charge in [-0.3, -0.25) is 9.89 Å². The van der Waals surface area contributed by atoms with Crippen LogP contribution in [0, 0.1) is 6.92 Å². The number of nitrogens with one attached hydrogen (secondary N) is 2. The molecule has 0 radical (unpaired) electrons. The van der Waals surface area contributed by atoms with Crippen molar-refractivity contribution in [3.8, 4) is 22.8 Å². The molecule has 5 rings (SSSR count). The first-order valence-corrected chi connectivity index (χ1v) is 11.4. The van der Waals surface area contributed by atoms with Gasteiger partial charge in [0.25, 0.3) is 5.56 Å². The number of thioether (sulfide) groups is 1. The lowest BCUT2D eigenvalue weighted by Crippen LogP contribution is -2.26. The average molecular weight is 447 g/mol. The summed E-state index contributed by atoms with van der Waals surface area (Å²) in [6.45, 7) is 3.96. The molecule has 32 heavy (non-hydrogen) atoms. The zero-order valence-corrected chi connectivity index (χ0v) is 18.5. The highest BCUT2D eigenvalue weighted by atomic mass is 32.2. The van der Waals surface area contributed by atoms with Gasteiger partial charge in [-0.1, -0.05) is 55.1 Å². The molecule has 8 nitrogen and oxygen atoms in total. The number of benzene rings is 2. The molecule has 0 amide bonds. The van der Waals surface area contributed by atoms with E-state index in [9.17, 15) is 4.79 Å². The second-order valence-electron chi connectivity index (χ2n) is 7.41. The van der Waals surface area contributed by atoms with Crippen LogP contribution in [-0.4, -0.2) is 30.7 Å². The number of para-hydroxylation sites is 2. The van der Waals surface area contributed by atoms with Gasteiger partial charge in [0.15, 0.2) is 5.69 Å². The van der Waals surface area contributed by atoms with Gasteiger partial charge in [-0.2, -0.15) is 4.98 Å². The Kier molecular flexibility index (Phi) is 5.40. The van der Waals surface area contributed by atoms with Crippen molar-refractivity contribution in [3.63, 3.8) is 0 Å². The van der Waals surface area contributed by atoms with Crippen LogP contribution in [0.5, 0.6) is 5.88 Å². The fourth-order valence-electron chi connectivity index (χ4n) is 3.66. The third kappa shape index (κ3) is 3.64. The number of nitrogens with zero attached hydrogens (tertiary/aromatic N) is 4. The number of ether oxygens (including phenoxy) is 1. The zero-order chi connectivity index (χ0) is 22.1. The highest BCUT2D eigenvalue weighted by Crippen LogP contribution is 2.39. The molecule has 4 aromatic rings. The largest absolute Gasteiger partial charge is 0.447 e. The number of H-pyrrole nitrogens is 1. The lowest BCUT2D eigenvalue weighted by Gasteiger charge is -2.17. The van der Waals surface area contributed by atoms with Crippen LogP contribution in [0.15, 0.2) is 64.5 Å². The number of anilines is 1. The van der Waals surface area contributed by atoms with Crippen LogP contribution >= 0.6 is 11.8 Å². The molecular formula is C23H22N6O2S. The van der Waals surface area contributed by atoms with Gasteiger partial charge >= 0.3 is 0 Å². The molecule has 2 N–H and O–H groups in total. The second kappa shape index (κ2) is 8.51. The van der Waals surface area contributed by atoms with E-state index in [0.717, 1.165) is 29.1 Å². The highest BCUT2D eigenvalue weighted by Gasteiger charge is 2.30. The first-order chi connectivity index (χ1) is 15.7. The molecular weight excluding hydrogens is 424 g/mol. The lowest BCUT2D eigenvalue weighted by atomic mass is 10.1. The molecule has 9 heteroatoms. The number of fused-ring (bicyclic) bond motifs is 3. The predicted molar refractivity (Wildman–Crippen MR) is 124 cm³/mol. The third-order valence-electron chi connectivity index (χ3n) is 5.16. The molecule has 0 saturated carbocycles. The Labute approximate surface area is 189 Å². The minimum atomic E-state index is -0.744. The monoisotopic (exact) mass is 446 g/mol. The molecule has 0 saturated heterocycles. The van der Waals surface area contributed by atoms with Gasteiger partial charge in [0, 0.05) is 22.7 Å². The topological polar surface area (TPSA) is 97.7 Å². The smallest absolute Gasteiger partial charge is 0.280 e.